The Morgan fingerprint density at radius 2 is 2.03 bits per heavy atom. The molecule has 0 bridgehead atoms. The van der Waals surface area contributed by atoms with Gasteiger partial charge in [-0.25, -0.2) is 9.79 Å². The first-order valence-electron chi connectivity index (χ1n) is 9.80. The SMILES string of the molecule is COc1ccc2ccccc2c1[C@@H]1C(C(=O)OC(C)C)=C(C)N=C2SC(C#N)=C(N)N21. The highest BCUT2D eigenvalue weighted by Gasteiger charge is 2.44. The van der Waals surface area contributed by atoms with Gasteiger partial charge in [-0.15, -0.1) is 0 Å². The number of fused-ring (bicyclic) bond motifs is 2. The van der Waals surface area contributed by atoms with E-state index in [1.807, 2.05) is 36.4 Å². The normalized spacial score (nSPS) is 18.3. The smallest absolute Gasteiger partial charge is 0.338 e. The first kappa shape index (κ1) is 20.8. The number of benzene rings is 2. The average Bonchev–Trinajstić information content (AvgIpc) is 3.06. The summed E-state index contributed by atoms with van der Waals surface area (Å²) in [4.78, 5) is 19.9. The summed E-state index contributed by atoms with van der Waals surface area (Å²) >= 11 is 1.19. The van der Waals surface area contributed by atoms with Crippen LogP contribution in [-0.2, 0) is 9.53 Å². The van der Waals surface area contributed by atoms with Crippen molar-refractivity contribution in [1.82, 2.24) is 4.90 Å². The van der Waals surface area contributed by atoms with Crippen molar-refractivity contribution in [3.05, 3.63) is 64.0 Å². The molecule has 158 valence electrons. The molecule has 2 N–H and O–H groups in total. The summed E-state index contributed by atoms with van der Waals surface area (Å²) in [5.74, 6) is 0.392. The highest BCUT2D eigenvalue weighted by Crippen LogP contribution is 2.49. The summed E-state index contributed by atoms with van der Waals surface area (Å²) in [6.45, 7) is 5.37. The molecule has 0 saturated carbocycles. The summed E-state index contributed by atoms with van der Waals surface area (Å²) < 4.78 is 11.3. The average molecular weight is 435 g/mol. The summed E-state index contributed by atoms with van der Waals surface area (Å²) in [6.07, 6.45) is -0.302. The van der Waals surface area contributed by atoms with Crippen LogP contribution in [0.5, 0.6) is 5.75 Å². The van der Waals surface area contributed by atoms with Gasteiger partial charge in [0, 0.05) is 5.56 Å². The molecule has 7 nitrogen and oxygen atoms in total. The van der Waals surface area contributed by atoms with Crippen molar-refractivity contribution >= 4 is 33.7 Å². The third kappa shape index (κ3) is 3.41. The zero-order valence-electron chi connectivity index (χ0n) is 17.7. The van der Waals surface area contributed by atoms with E-state index in [0.717, 1.165) is 16.3 Å². The lowest BCUT2D eigenvalue weighted by molar-refractivity contribution is -0.143. The van der Waals surface area contributed by atoms with E-state index < -0.39 is 12.0 Å². The Balaban J connectivity index is 2.04. The van der Waals surface area contributed by atoms with E-state index in [0.29, 0.717) is 27.1 Å². The molecule has 31 heavy (non-hydrogen) atoms. The minimum atomic E-state index is -0.654. The quantitative estimate of drug-likeness (QED) is 0.720. The van der Waals surface area contributed by atoms with Gasteiger partial charge in [0.15, 0.2) is 5.17 Å². The molecule has 0 saturated heterocycles. The van der Waals surface area contributed by atoms with E-state index in [1.54, 1.807) is 32.8 Å². The number of thioether (sulfide) groups is 1. The van der Waals surface area contributed by atoms with Crippen LogP contribution in [0.2, 0.25) is 0 Å². The second-order valence-corrected chi connectivity index (χ2v) is 8.43. The molecule has 0 radical (unpaired) electrons. The number of nitrogens with two attached hydrogens (primary N) is 1. The maximum absolute atomic E-state index is 13.2. The molecule has 0 spiro atoms. The summed E-state index contributed by atoms with van der Waals surface area (Å²) in [5.41, 5.74) is 8.05. The maximum atomic E-state index is 13.2. The number of aliphatic imine (C=N–C) groups is 1. The van der Waals surface area contributed by atoms with Gasteiger partial charge >= 0.3 is 5.97 Å². The molecule has 0 unspecified atom stereocenters. The Morgan fingerprint density at radius 3 is 2.71 bits per heavy atom. The zero-order valence-corrected chi connectivity index (χ0v) is 18.5. The molecule has 2 aliphatic rings. The number of esters is 1. The van der Waals surface area contributed by atoms with Gasteiger partial charge in [-0.1, -0.05) is 30.3 Å². The fraction of sp³-hybridized carbons (Fsp3) is 0.261. The first-order chi connectivity index (χ1) is 14.9. The highest BCUT2D eigenvalue weighted by atomic mass is 32.2. The van der Waals surface area contributed by atoms with Crippen molar-refractivity contribution in [3.63, 3.8) is 0 Å². The minimum Gasteiger partial charge on any atom is -0.496 e. The zero-order chi connectivity index (χ0) is 22.3. The van der Waals surface area contributed by atoms with Gasteiger partial charge in [-0.05, 0) is 49.4 Å². The van der Waals surface area contributed by atoms with Gasteiger partial charge in [-0.3, -0.25) is 4.90 Å². The van der Waals surface area contributed by atoms with Crippen molar-refractivity contribution in [2.75, 3.05) is 7.11 Å². The first-order valence-corrected chi connectivity index (χ1v) is 10.6. The number of rotatable bonds is 4. The molecular weight excluding hydrogens is 412 g/mol. The number of hydrogen-bond acceptors (Lipinski definition) is 8. The summed E-state index contributed by atoms with van der Waals surface area (Å²) in [7, 11) is 1.59. The highest BCUT2D eigenvalue weighted by molar-refractivity contribution is 8.17. The molecule has 2 aromatic rings. The Morgan fingerprint density at radius 1 is 1.29 bits per heavy atom. The van der Waals surface area contributed by atoms with Crippen LogP contribution in [0.4, 0.5) is 0 Å². The van der Waals surface area contributed by atoms with E-state index in [2.05, 4.69) is 11.1 Å². The van der Waals surface area contributed by atoms with Gasteiger partial charge in [0.25, 0.3) is 0 Å². The summed E-state index contributed by atoms with van der Waals surface area (Å²) in [6, 6.07) is 13.2. The molecule has 8 heteroatoms. The number of hydrogen-bond donors (Lipinski definition) is 1. The number of carbonyl (C=O) groups is 1. The molecule has 2 aromatic carbocycles. The predicted octanol–water partition coefficient (Wildman–Crippen LogP) is 4.18. The fourth-order valence-corrected chi connectivity index (χ4v) is 4.80. The van der Waals surface area contributed by atoms with Crippen molar-refractivity contribution in [3.8, 4) is 11.8 Å². The number of nitrogens with zero attached hydrogens (tertiary/aromatic N) is 3. The maximum Gasteiger partial charge on any atom is 0.338 e. The van der Waals surface area contributed by atoms with Gasteiger partial charge in [0.05, 0.1) is 24.5 Å². The Labute approximate surface area is 184 Å². The van der Waals surface area contributed by atoms with Crippen molar-refractivity contribution in [2.24, 2.45) is 10.7 Å². The van der Waals surface area contributed by atoms with E-state index >= 15 is 0 Å². The fourth-order valence-electron chi connectivity index (χ4n) is 3.89. The lowest BCUT2D eigenvalue weighted by Gasteiger charge is -2.36. The standard InChI is InChI=1S/C23H22N4O3S/c1-12(2)30-22(28)18-13(3)26-23-27(21(25)17(11-24)31-23)20(18)19-15-8-6-5-7-14(15)9-10-16(19)29-4/h5-10,12,20H,25H2,1-4H3/t20-/m0/s1. The Bertz CT molecular complexity index is 1220. The van der Waals surface area contributed by atoms with Crippen LogP contribution in [0.1, 0.15) is 32.4 Å². The van der Waals surface area contributed by atoms with Crippen LogP contribution < -0.4 is 10.5 Å². The molecule has 0 aromatic heterocycles. The molecule has 1 atom stereocenters. The number of methoxy groups -OCH3 is 1. The molecule has 0 aliphatic carbocycles. The van der Waals surface area contributed by atoms with Crippen LogP contribution in [-0.4, -0.2) is 29.3 Å². The number of allylic oxidation sites excluding steroid dienone is 2. The second kappa shape index (κ2) is 8.00. The van der Waals surface area contributed by atoms with E-state index in [9.17, 15) is 10.1 Å². The van der Waals surface area contributed by atoms with Crippen molar-refractivity contribution in [2.45, 2.75) is 32.9 Å². The third-order valence-corrected chi connectivity index (χ3v) is 6.14. The molecule has 2 aliphatic heterocycles. The van der Waals surface area contributed by atoms with Gasteiger partial charge < -0.3 is 15.2 Å². The van der Waals surface area contributed by atoms with Crippen LogP contribution in [0.25, 0.3) is 10.8 Å². The molecule has 0 amide bonds. The predicted molar refractivity (Wildman–Crippen MR) is 121 cm³/mol. The van der Waals surface area contributed by atoms with Crippen LogP contribution in [0.3, 0.4) is 0 Å². The van der Waals surface area contributed by atoms with Crippen molar-refractivity contribution < 1.29 is 14.3 Å². The Kier molecular flexibility index (Phi) is 5.38. The molecule has 0 fully saturated rings. The lowest BCUT2D eigenvalue weighted by atomic mass is 9.89. The molecular formula is C23H22N4O3S. The number of amidine groups is 1. The van der Waals surface area contributed by atoms with Crippen molar-refractivity contribution in [1.29, 1.82) is 5.26 Å². The summed E-state index contributed by atoms with van der Waals surface area (Å²) in [5, 5.41) is 12.0. The molecule has 4 rings (SSSR count). The van der Waals surface area contributed by atoms with E-state index in [-0.39, 0.29) is 11.9 Å². The minimum absolute atomic E-state index is 0.258. The van der Waals surface area contributed by atoms with Gasteiger partial charge in [0.2, 0.25) is 0 Å². The van der Waals surface area contributed by atoms with Gasteiger partial charge in [0.1, 0.15) is 28.6 Å². The largest absolute Gasteiger partial charge is 0.496 e. The lowest BCUT2D eigenvalue weighted by Crippen LogP contribution is -2.39. The number of ether oxygens (including phenoxy) is 2. The third-order valence-electron chi connectivity index (χ3n) is 5.16. The topological polar surface area (TPSA) is 101 Å². The monoisotopic (exact) mass is 434 g/mol. The van der Waals surface area contributed by atoms with Crippen LogP contribution in [0, 0.1) is 11.3 Å². The van der Waals surface area contributed by atoms with Crippen LogP contribution in [0.15, 0.2) is 63.4 Å². The van der Waals surface area contributed by atoms with E-state index in [1.165, 1.54) is 11.8 Å². The molecule has 2 heterocycles. The Hall–Kier alpha value is -3.44. The second-order valence-electron chi connectivity index (χ2n) is 7.45. The number of carbonyl (C=O) groups excluding carboxylic acids is 1. The van der Waals surface area contributed by atoms with Crippen LogP contribution >= 0.6 is 11.8 Å². The van der Waals surface area contributed by atoms with Gasteiger partial charge in [-0.2, -0.15) is 5.26 Å². The van der Waals surface area contributed by atoms with E-state index in [4.69, 9.17) is 15.2 Å². The number of nitriles is 1.